The number of aryl methyl sites for hydroxylation is 2. The summed E-state index contributed by atoms with van der Waals surface area (Å²) in [4.78, 5) is 28.1. The number of rotatable bonds is 9. The van der Waals surface area contributed by atoms with E-state index in [9.17, 15) is 9.59 Å². The molecule has 1 fully saturated rings. The largest absolute Gasteiger partial charge is 0.497 e. The predicted octanol–water partition coefficient (Wildman–Crippen LogP) is 1.96. The van der Waals surface area contributed by atoms with Gasteiger partial charge in [0.05, 0.1) is 19.7 Å². The number of quaternary nitrogens is 1. The van der Waals surface area contributed by atoms with Crippen LogP contribution < -0.4 is 15.0 Å². The van der Waals surface area contributed by atoms with E-state index in [4.69, 9.17) is 4.74 Å². The molecular weight excluding hydrogens is 378 g/mol. The zero-order valence-corrected chi connectivity index (χ0v) is 18.3. The molecule has 6 heteroatoms. The van der Waals surface area contributed by atoms with Gasteiger partial charge >= 0.3 is 0 Å². The van der Waals surface area contributed by atoms with E-state index in [1.165, 1.54) is 15.4 Å². The molecule has 1 aliphatic carbocycles. The molecule has 2 N–H and O–H groups in total. The van der Waals surface area contributed by atoms with E-state index in [2.05, 4.69) is 5.32 Å². The zero-order chi connectivity index (χ0) is 21.7. The zero-order valence-electron chi connectivity index (χ0n) is 18.3. The van der Waals surface area contributed by atoms with E-state index in [1.807, 2.05) is 56.3 Å². The Labute approximate surface area is 178 Å². The van der Waals surface area contributed by atoms with Crippen LogP contribution in [0.5, 0.6) is 5.75 Å². The summed E-state index contributed by atoms with van der Waals surface area (Å²) in [6.07, 6.45) is 2.30. The summed E-state index contributed by atoms with van der Waals surface area (Å²) in [6.45, 7) is 5.17. The molecule has 160 valence electrons. The van der Waals surface area contributed by atoms with Crippen LogP contribution in [-0.2, 0) is 16.1 Å². The Morgan fingerprint density at radius 2 is 1.73 bits per heavy atom. The summed E-state index contributed by atoms with van der Waals surface area (Å²) in [6, 6.07) is 14.4. The molecule has 0 aromatic heterocycles. The van der Waals surface area contributed by atoms with Crippen LogP contribution in [0.15, 0.2) is 42.5 Å². The lowest BCUT2D eigenvalue weighted by Crippen LogP contribution is -3.13. The van der Waals surface area contributed by atoms with Crippen molar-refractivity contribution in [1.82, 2.24) is 4.90 Å². The van der Waals surface area contributed by atoms with Gasteiger partial charge in [-0.05, 0) is 49.2 Å². The molecule has 0 bridgehead atoms. The number of nitrogens with zero attached hydrogens (tertiary/aromatic N) is 1. The Morgan fingerprint density at radius 1 is 1.10 bits per heavy atom. The topological polar surface area (TPSA) is 63.1 Å². The first-order valence-corrected chi connectivity index (χ1v) is 10.4. The molecular formula is C24H32N3O3+. The summed E-state index contributed by atoms with van der Waals surface area (Å²) in [7, 11) is 3.35. The van der Waals surface area contributed by atoms with Crippen molar-refractivity contribution < 1.29 is 19.2 Å². The van der Waals surface area contributed by atoms with Gasteiger partial charge in [-0.15, -0.1) is 0 Å². The normalized spacial score (nSPS) is 14.1. The van der Waals surface area contributed by atoms with Crippen LogP contribution in [-0.4, -0.2) is 50.0 Å². The quantitative estimate of drug-likeness (QED) is 0.664. The van der Waals surface area contributed by atoms with Crippen molar-refractivity contribution in [3.63, 3.8) is 0 Å². The van der Waals surface area contributed by atoms with Crippen LogP contribution >= 0.6 is 0 Å². The molecule has 2 aromatic carbocycles. The second kappa shape index (κ2) is 9.76. The highest BCUT2D eigenvalue weighted by Crippen LogP contribution is 2.19. The first-order chi connectivity index (χ1) is 14.4. The van der Waals surface area contributed by atoms with Gasteiger partial charge in [-0.3, -0.25) is 9.59 Å². The van der Waals surface area contributed by atoms with Crippen molar-refractivity contribution in [3.8, 4) is 5.75 Å². The van der Waals surface area contributed by atoms with E-state index in [0.717, 1.165) is 42.0 Å². The standard InChI is InChI=1S/C24H31N3O3/c1-17-6-5-7-18(2)24(17)25-22(28)15-26(3)23(29)16-27(20-10-11-20)14-19-8-12-21(30-4)13-9-19/h5-9,12-13,20H,10-11,14-16H2,1-4H3,(H,25,28)/p+1. The number of hydrogen-bond donors (Lipinski definition) is 2. The third-order valence-electron chi connectivity index (χ3n) is 5.68. The van der Waals surface area contributed by atoms with E-state index in [0.29, 0.717) is 12.6 Å². The van der Waals surface area contributed by atoms with E-state index in [-0.39, 0.29) is 18.4 Å². The molecule has 30 heavy (non-hydrogen) atoms. The number of carbonyl (C=O) groups is 2. The van der Waals surface area contributed by atoms with Gasteiger partial charge in [-0.1, -0.05) is 18.2 Å². The number of methoxy groups -OCH3 is 1. The number of hydrogen-bond acceptors (Lipinski definition) is 3. The Bertz CT molecular complexity index is 871. The fourth-order valence-electron chi connectivity index (χ4n) is 3.67. The Hall–Kier alpha value is -2.86. The maximum Gasteiger partial charge on any atom is 0.277 e. The maximum atomic E-state index is 12.8. The summed E-state index contributed by atoms with van der Waals surface area (Å²) >= 11 is 0. The first-order valence-electron chi connectivity index (χ1n) is 10.4. The van der Waals surface area contributed by atoms with Gasteiger partial charge in [-0.25, -0.2) is 0 Å². The molecule has 0 spiro atoms. The van der Waals surface area contributed by atoms with Gasteiger partial charge < -0.3 is 19.9 Å². The smallest absolute Gasteiger partial charge is 0.277 e. The summed E-state index contributed by atoms with van der Waals surface area (Å²) < 4.78 is 5.22. The van der Waals surface area contributed by atoms with Gasteiger partial charge in [0.25, 0.3) is 5.91 Å². The molecule has 1 aliphatic rings. The molecule has 2 amide bonds. The lowest BCUT2D eigenvalue weighted by Gasteiger charge is -2.23. The summed E-state index contributed by atoms with van der Waals surface area (Å²) in [5.74, 6) is 0.644. The second-order valence-electron chi connectivity index (χ2n) is 8.20. The molecule has 0 radical (unpaired) electrons. The lowest BCUT2D eigenvalue weighted by atomic mass is 10.1. The number of anilines is 1. The average Bonchev–Trinajstić information content (AvgIpc) is 3.56. The number of benzene rings is 2. The molecule has 0 saturated heterocycles. The third-order valence-corrected chi connectivity index (χ3v) is 5.68. The molecule has 2 aromatic rings. The monoisotopic (exact) mass is 410 g/mol. The van der Waals surface area contributed by atoms with Crippen molar-refractivity contribution in [3.05, 3.63) is 59.2 Å². The summed E-state index contributed by atoms with van der Waals surface area (Å²) in [5.41, 5.74) is 4.04. The molecule has 0 aliphatic heterocycles. The predicted molar refractivity (Wildman–Crippen MR) is 118 cm³/mol. The van der Waals surface area contributed by atoms with Gasteiger partial charge in [0, 0.05) is 31.1 Å². The Kier molecular flexibility index (Phi) is 7.11. The van der Waals surface area contributed by atoms with Gasteiger partial charge in [0.1, 0.15) is 12.3 Å². The van der Waals surface area contributed by atoms with Crippen molar-refractivity contribution in [2.45, 2.75) is 39.3 Å². The minimum atomic E-state index is -0.175. The first kappa shape index (κ1) is 21.8. The number of likely N-dealkylation sites (N-methyl/N-ethyl adjacent to an activating group) is 1. The number of amides is 2. The molecule has 3 rings (SSSR count). The van der Waals surface area contributed by atoms with Gasteiger partial charge in [0.2, 0.25) is 5.91 Å². The van der Waals surface area contributed by atoms with Crippen LogP contribution in [0.2, 0.25) is 0 Å². The maximum absolute atomic E-state index is 12.8. The van der Waals surface area contributed by atoms with Crippen molar-refractivity contribution >= 4 is 17.5 Å². The Morgan fingerprint density at radius 3 is 2.30 bits per heavy atom. The number of nitrogens with one attached hydrogen (secondary N) is 2. The molecule has 0 heterocycles. The fourth-order valence-corrected chi connectivity index (χ4v) is 3.67. The van der Waals surface area contributed by atoms with Gasteiger partial charge in [0.15, 0.2) is 6.54 Å². The van der Waals surface area contributed by atoms with Crippen LogP contribution in [0.4, 0.5) is 5.69 Å². The SMILES string of the molecule is COc1ccc(C[NH+](CC(=O)N(C)CC(=O)Nc2c(C)cccc2C)C2CC2)cc1. The van der Waals surface area contributed by atoms with Gasteiger partial charge in [-0.2, -0.15) is 0 Å². The van der Waals surface area contributed by atoms with Crippen LogP contribution in [0.1, 0.15) is 29.5 Å². The van der Waals surface area contributed by atoms with Crippen molar-refractivity contribution in [2.24, 2.45) is 0 Å². The highest BCUT2D eigenvalue weighted by atomic mass is 16.5. The minimum Gasteiger partial charge on any atom is -0.497 e. The van der Waals surface area contributed by atoms with Crippen LogP contribution in [0.3, 0.4) is 0 Å². The molecule has 1 atom stereocenters. The number of para-hydroxylation sites is 1. The molecule has 1 saturated carbocycles. The van der Waals surface area contributed by atoms with Crippen molar-refractivity contribution in [1.29, 1.82) is 0 Å². The highest BCUT2D eigenvalue weighted by molar-refractivity contribution is 5.95. The van der Waals surface area contributed by atoms with E-state index in [1.54, 1.807) is 14.2 Å². The van der Waals surface area contributed by atoms with Crippen molar-refractivity contribution in [2.75, 3.05) is 32.6 Å². The highest BCUT2D eigenvalue weighted by Gasteiger charge is 2.35. The molecule has 6 nitrogen and oxygen atoms in total. The van der Waals surface area contributed by atoms with E-state index >= 15 is 0 Å². The lowest BCUT2D eigenvalue weighted by molar-refractivity contribution is -0.917. The van der Waals surface area contributed by atoms with E-state index < -0.39 is 0 Å². The number of ether oxygens (including phenoxy) is 1. The second-order valence-corrected chi connectivity index (χ2v) is 8.20. The third kappa shape index (κ3) is 5.83. The molecule has 1 unspecified atom stereocenters. The van der Waals surface area contributed by atoms with Crippen LogP contribution in [0, 0.1) is 13.8 Å². The number of carbonyl (C=O) groups excluding carboxylic acids is 2. The van der Waals surface area contributed by atoms with Crippen LogP contribution in [0.25, 0.3) is 0 Å². The fraction of sp³-hybridized carbons (Fsp3) is 0.417. The summed E-state index contributed by atoms with van der Waals surface area (Å²) in [5, 5.41) is 2.95. The Balaban J connectivity index is 1.55. The average molecular weight is 411 g/mol. The minimum absolute atomic E-state index is 0.0120.